The van der Waals surface area contributed by atoms with Crippen LogP contribution in [0.2, 0.25) is 0 Å². The van der Waals surface area contributed by atoms with Crippen LogP contribution in [0.3, 0.4) is 0 Å². The maximum Gasteiger partial charge on any atom is 0.282 e. The maximum atomic E-state index is 13.9. The number of imide groups is 1. The molecule has 0 fully saturated rings. The van der Waals surface area contributed by atoms with Crippen LogP contribution in [0.4, 0.5) is 11.4 Å². The van der Waals surface area contributed by atoms with Crippen molar-refractivity contribution in [3.63, 3.8) is 0 Å². The van der Waals surface area contributed by atoms with Gasteiger partial charge in [0.25, 0.3) is 11.8 Å². The van der Waals surface area contributed by atoms with Crippen LogP contribution in [0.1, 0.15) is 34.7 Å². The average molecular weight is 425 g/mol. The molecule has 4 rings (SSSR count). The summed E-state index contributed by atoms with van der Waals surface area (Å²) in [4.78, 5) is 30.9. The molecule has 0 N–H and O–H groups in total. The van der Waals surface area contributed by atoms with Gasteiger partial charge in [-0.05, 0) is 86.7 Å². The number of nitrogens with zero attached hydrogens (tertiary/aromatic N) is 2. The van der Waals surface area contributed by atoms with Gasteiger partial charge in [-0.1, -0.05) is 42.5 Å². The van der Waals surface area contributed by atoms with Crippen LogP contribution in [-0.4, -0.2) is 18.4 Å². The highest BCUT2D eigenvalue weighted by molar-refractivity contribution is 6.46. The summed E-state index contributed by atoms with van der Waals surface area (Å²) in [7, 11) is 0. The molecule has 3 aromatic carbocycles. The molecule has 1 aliphatic rings. The van der Waals surface area contributed by atoms with E-state index in [1.165, 1.54) is 4.90 Å². The van der Waals surface area contributed by atoms with E-state index in [9.17, 15) is 9.59 Å². The first-order chi connectivity index (χ1) is 15.3. The largest absolute Gasteiger partial charge is 0.337 e. The Balaban J connectivity index is 1.94. The first kappa shape index (κ1) is 21.6. The number of para-hydroxylation sites is 1. The van der Waals surface area contributed by atoms with E-state index in [2.05, 4.69) is 0 Å². The van der Waals surface area contributed by atoms with Crippen LogP contribution in [0, 0.1) is 27.7 Å². The highest BCUT2D eigenvalue weighted by atomic mass is 16.2. The van der Waals surface area contributed by atoms with Gasteiger partial charge < -0.3 is 4.90 Å². The second-order valence-corrected chi connectivity index (χ2v) is 8.39. The lowest BCUT2D eigenvalue weighted by Crippen LogP contribution is -2.35. The zero-order valence-corrected chi connectivity index (χ0v) is 19.3. The van der Waals surface area contributed by atoms with Crippen LogP contribution in [0.15, 0.2) is 72.4 Å². The molecule has 0 aliphatic carbocycles. The van der Waals surface area contributed by atoms with E-state index in [-0.39, 0.29) is 11.8 Å². The first-order valence-corrected chi connectivity index (χ1v) is 10.9. The average Bonchev–Trinajstić information content (AvgIpc) is 3.01. The van der Waals surface area contributed by atoms with Gasteiger partial charge in [-0.15, -0.1) is 0 Å². The van der Waals surface area contributed by atoms with Gasteiger partial charge in [0.05, 0.1) is 11.3 Å². The van der Waals surface area contributed by atoms with Crippen molar-refractivity contribution in [1.29, 1.82) is 0 Å². The Labute approximate surface area is 189 Å². The van der Waals surface area contributed by atoms with E-state index in [1.54, 1.807) is 0 Å². The summed E-state index contributed by atoms with van der Waals surface area (Å²) in [6.07, 6.45) is 0. The molecule has 0 saturated heterocycles. The molecule has 3 aromatic rings. The van der Waals surface area contributed by atoms with Gasteiger partial charge in [-0.25, -0.2) is 4.90 Å². The third kappa shape index (κ3) is 3.73. The number of aryl methyl sites for hydroxylation is 4. The number of amides is 2. The van der Waals surface area contributed by atoms with Crippen molar-refractivity contribution in [3.05, 3.63) is 100 Å². The van der Waals surface area contributed by atoms with Crippen molar-refractivity contribution in [2.24, 2.45) is 0 Å². The minimum absolute atomic E-state index is 0.285. The predicted octanol–water partition coefficient (Wildman–Crippen LogP) is 5.73. The molecule has 0 unspecified atom stereocenters. The lowest BCUT2D eigenvalue weighted by atomic mass is 9.99. The van der Waals surface area contributed by atoms with Crippen molar-refractivity contribution in [2.45, 2.75) is 34.6 Å². The fraction of sp³-hybridized carbons (Fsp3) is 0.214. The summed E-state index contributed by atoms with van der Waals surface area (Å²) in [6, 6.07) is 21.5. The number of hydrogen-bond acceptors (Lipinski definition) is 3. The molecule has 0 bridgehead atoms. The quantitative estimate of drug-likeness (QED) is 0.491. The standard InChI is InChI=1S/C28H28N2O2/c1-6-29(23-10-8-7-9-11-23)26-25(22-13-12-20(4)21(5)17-22)27(31)30(28(26)32)24-15-18(2)14-19(3)16-24/h7-17H,6H2,1-5H3. The van der Waals surface area contributed by atoms with Crippen molar-refractivity contribution in [3.8, 4) is 0 Å². The molecule has 4 nitrogen and oxygen atoms in total. The van der Waals surface area contributed by atoms with Gasteiger partial charge in [-0.3, -0.25) is 9.59 Å². The number of carbonyl (C=O) groups excluding carboxylic acids is 2. The molecular formula is C28H28N2O2. The van der Waals surface area contributed by atoms with E-state index >= 15 is 0 Å². The Kier molecular flexibility index (Phi) is 5.70. The summed E-state index contributed by atoms with van der Waals surface area (Å²) in [5, 5.41) is 0. The molecule has 0 saturated carbocycles. The lowest BCUT2D eigenvalue weighted by Gasteiger charge is -2.25. The predicted molar refractivity (Wildman–Crippen MR) is 131 cm³/mol. The number of anilines is 2. The van der Waals surface area contributed by atoms with E-state index in [0.29, 0.717) is 23.5 Å². The molecule has 2 amide bonds. The van der Waals surface area contributed by atoms with Gasteiger partial charge in [0.15, 0.2) is 0 Å². The molecule has 0 spiro atoms. The molecule has 162 valence electrons. The van der Waals surface area contributed by atoms with Crippen molar-refractivity contribution in [2.75, 3.05) is 16.3 Å². The van der Waals surface area contributed by atoms with Gasteiger partial charge >= 0.3 is 0 Å². The van der Waals surface area contributed by atoms with Crippen LogP contribution in [0.25, 0.3) is 5.57 Å². The number of likely N-dealkylation sites (N-methyl/N-ethyl adjacent to an activating group) is 1. The zero-order chi connectivity index (χ0) is 23.0. The summed E-state index contributed by atoms with van der Waals surface area (Å²) in [6.45, 7) is 10.6. The van der Waals surface area contributed by atoms with Gasteiger partial charge in [0.1, 0.15) is 5.70 Å². The Morgan fingerprint density at radius 1 is 0.750 bits per heavy atom. The lowest BCUT2D eigenvalue weighted by molar-refractivity contribution is -0.120. The van der Waals surface area contributed by atoms with Crippen molar-refractivity contribution >= 4 is 28.8 Å². The van der Waals surface area contributed by atoms with Crippen molar-refractivity contribution in [1.82, 2.24) is 0 Å². The normalized spacial score (nSPS) is 13.8. The second kappa shape index (κ2) is 8.46. The van der Waals surface area contributed by atoms with E-state index in [1.807, 2.05) is 106 Å². The molecule has 4 heteroatoms. The van der Waals surface area contributed by atoms with Crippen molar-refractivity contribution < 1.29 is 9.59 Å². The minimum atomic E-state index is -0.293. The zero-order valence-electron chi connectivity index (χ0n) is 19.3. The topological polar surface area (TPSA) is 40.6 Å². The Morgan fingerprint density at radius 2 is 1.41 bits per heavy atom. The Hall–Kier alpha value is -3.66. The van der Waals surface area contributed by atoms with Gasteiger partial charge in [-0.2, -0.15) is 0 Å². The summed E-state index contributed by atoms with van der Waals surface area (Å²) in [5.41, 5.74) is 7.38. The second-order valence-electron chi connectivity index (χ2n) is 8.39. The van der Waals surface area contributed by atoms with Gasteiger partial charge in [0.2, 0.25) is 0 Å². The summed E-state index contributed by atoms with van der Waals surface area (Å²) in [5.74, 6) is -0.577. The van der Waals surface area contributed by atoms with Crippen LogP contribution in [0.5, 0.6) is 0 Å². The van der Waals surface area contributed by atoms with E-state index < -0.39 is 0 Å². The first-order valence-electron chi connectivity index (χ1n) is 10.9. The van der Waals surface area contributed by atoms with E-state index in [4.69, 9.17) is 0 Å². The van der Waals surface area contributed by atoms with Crippen LogP contribution < -0.4 is 9.80 Å². The third-order valence-electron chi connectivity index (χ3n) is 5.97. The number of rotatable bonds is 5. The molecule has 1 heterocycles. The molecule has 32 heavy (non-hydrogen) atoms. The monoisotopic (exact) mass is 424 g/mol. The molecule has 0 radical (unpaired) electrons. The maximum absolute atomic E-state index is 13.9. The summed E-state index contributed by atoms with van der Waals surface area (Å²) < 4.78 is 0. The number of hydrogen-bond donors (Lipinski definition) is 0. The van der Waals surface area contributed by atoms with Crippen LogP contribution >= 0.6 is 0 Å². The summed E-state index contributed by atoms with van der Waals surface area (Å²) >= 11 is 0. The molecule has 0 aromatic heterocycles. The fourth-order valence-corrected chi connectivity index (χ4v) is 4.32. The number of benzene rings is 3. The molecule has 1 aliphatic heterocycles. The van der Waals surface area contributed by atoms with E-state index in [0.717, 1.165) is 33.5 Å². The smallest absolute Gasteiger partial charge is 0.282 e. The molecular weight excluding hydrogens is 396 g/mol. The third-order valence-corrected chi connectivity index (χ3v) is 5.97. The minimum Gasteiger partial charge on any atom is -0.337 e. The Morgan fingerprint density at radius 3 is 2.00 bits per heavy atom. The highest BCUT2D eigenvalue weighted by Crippen LogP contribution is 2.37. The van der Waals surface area contributed by atoms with Crippen LogP contribution in [-0.2, 0) is 9.59 Å². The SMILES string of the molecule is CCN(C1=C(c2ccc(C)c(C)c2)C(=O)N(c2cc(C)cc(C)c2)C1=O)c1ccccc1. The Bertz CT molecular complexity index is 1220. The number of carbonyl (C=O) groups is 2. The fourth-order valence-electron chi connectivity index (χ4n) is 4.32. The highest BCUT2D eigenvalue weighted by Gasteiger charge is 2.42. The van der Waals surface area contributed by atoms with Gasteiger partial charge in [0, 0.05) is 12.2 Å². The molecule has 0 atom stereocenters.